The molecule has 2 aromatic heterocycles. The molecule has 2 N–H and O–H groups in total. The normalized spacial score (nSPS) is 16.6. The zero-order chi connectivity index (χ0) is 21.9. The van der Waals surface area contributed by atoms with E-state index in [1.54, 1.807) is 25.7 Å². The number of anilines is 1. The van der Waals surface area contributed by atoms with E-state index in [2.05, 4.69) is 45.2 Å². The minimum atomic E-state index is 0.467. The van der Waals surface area contributed by atoms with Crippen LogP contribution in [0.1, 0.15) is 29.2 Å². The molecule has 1 aliphatic heterocycles. The zero-order valence-corrected chi connectivity index (χ0v) is 18.3. The number of ether oxygens (including phenoxy) is 1. The maximum absolute atomic E-state index is 6.31. The summed E-state index contributed by atoms with van der Waals surface area (Å²) >= 11 is 0. The summed E-state index contributed by atoms with van der Waals surface area (Å²) in [4.78, 5) is 15.8. The largest absolute Gasteiger partial charge is 0.497 e. The van der Waals surface area contributed by atoms with E-state index < -0.39 is 0 Å². The highest BCUT2D eigenvalue weighted by molar-refractivity contribution is 5.82. The van der Waals surface area contributed by atoms with Crippen LogP contribution >= 0.6 is 0 Å². The van der Waals surface area contributed by atoms with Crippen LogP contribution in [0.4, 0.5) is 5.95 Å². The number of hydrogen-bond donors (Lipinski definition) is 1. The van der Waals surface area contributed by atoms with Crippen molar-refractivity contribution >= 4 is 17.0 Å². The van der Waals surface area contributed by atoms with Crippen molar-refractivity contribution in [3.63, 3.8) is 0 Å². The quantitative estimate of drug-likeness (QED) is 0.485. The van der Waals surface area contributed by atoms with Gasteiger partial charge in [-0.15, -0.1) is 0 Å². The summed E-state index contributed by atoms with van der Waals surface area (Å²) in [6, 6.07) is 14.8. The number of hydrogen-bond acceptors (Lipinski definition) is 6. The molecule has 7 heteroatoms. The van der Waals surface area contributed by atoms with Gasteiger partial charge in [0.25, 0.3) is 0 Å². The van der Waals surface area contributed by atoms with Crippen LogP contribution in [0, 0.1) is 0 Å². The van der Waals surface area contributed by atoms with Crippen LogP contribution in [0.2, 0.25) is 0 Å². The third-order valence-corrected chi connectivity index (χ3v) is 6.36. The van der Waals surface area contributed by atoms with Crippen LogP contribution in [0.25, 0.3) is 11.0 Å². The summed E-state index contributed by atoms with van der Waals surface area (Å²) in [5.74, 6) is 1.89. The molecule has 164 valence electrons. The standard InChI is InChI=1S/C25H28N6O/c1-32-21-7-5-18(6-8-21)9-13-30-14-10-19(16-30)22-3-2-4-23-24(22)29-25(26)31(23)17-20-15-27-11-12-28-20/h2-8,11-12,15,19H,9-10,13-14,16-17H2,1H3,(H2,26,29). The van der Waals surface area contributed by atoms with Crippen molar-refractivity contribution in [3.05, 3.63) is 77.9 Å². The Balaban J connectivity index is 1.30. The van der Waals surface area contributed by atoms with Crippen LogP contribution in [-0.4, -0.2) is 51.2 Å². The number of para-hydroxylation sites is 1. The first-order chi connectivity index (χ1) is 15.7. The lowest BCUT2D eigenvalue weighted by atomic mass is 9.97. The number of nitrogen functional groups attached to an aromatic ring is 1. The molecule has 0 radical (unpaired) electrons. The number of nitrogens with two attached hydrogens (primary N) is 1. The van der Waals surface area contributed by atoms with Gasteiger partial charge in [-0.3, -0.25) is 9.97 Å². The average molecular weight is 429 g/mol. The van der Waals surface area contributed by atoms with Crippen molar-refractivity contribution in [2.24, 2.45) is 0 Å². The van der Waals surface area contributed by atoms with E-state index in [0.717, 1.165) is 55.0 Å². The molecule has 7 nitrogen and oxygen atoms in total. The smallest absolute Gasteiger partial charge is 0.201 e. The van der Waals surface area contributed by atoms with Gasteiger partial charge in [-0.25, -0.2) is 4.98 Å². The Kier molecular flexibility index (Phi) is 5.73. The number of imidazole rings is 1. The molecule has 1 atom stereocenters. The van der Waals surface area contributed by atoms with Crippen LogP contribution in [0.15, 0.2) is 61.1 Å². The van der Waals surface area contributed by atoms with E-state index >= 15 is 0 Å². The molecule has 2 aromatic carbocycles. The highest BCUT2D eigenvalue weighted by Crippen LogP contribution is 2.33. The summed E-state index contributed by atoms with van der Waals surface area (Å²) in [7, 11) is 1.70. The Bertz CT molecular complexity index is 1190. The van der Waals surface area contributed by atoms with Crippen molar-refractivity contribution in [1.29, 1.82) is 0 Å². The van der Waals surface area contributed by atoms with E-state index in [9.17, 15) is 0 Å². The molecule has 32 heavy (non-hydrogen) atoms. The van der Waals surface area contributed by atoms with Gasteiger partial charge in [-0.2, -0.15) is 0 Å². The third kappa shape index (κ3) is 4.16. The minimum absolute atomic E-state index is 0.467. The van der Waals surface area contributed by atoms with E-state index in [4.69, 9.17) is 15.5 Å². The lowest BCUT2D eigenvalue weighted by Gasteiger charge is -2.16. The second-order valence-electron chi connectivity index (χ2n) is 8.35. The summed E-state index contributed by atoms with van der Waals surface area (Å²) in [6.45, 7) is 3.78. The molecule has 1 aliphatic rings. The first kappa shape index (κ1) is 20.5. The average Bonchev–Trinajstić information content (AvgIpc) is 3.43. The first-order valence-electron chi connectivity index (χ1n) is 11.1. The molecule has 4 aromatic rings. The SMILES string of the molecule is COc1ccc(CCN2CCC(c3cccc4c3nc(N)n4Cc3cnccn3)C2)cc1. The van der Waals surface area contributed by atoms with Crippen LogP contribution < -0.4 is 10.5 Å². The number of rotatable bonds is 7. The zero-order valence-electron chi connectivity index (χ0n) is 18.3. The molecule has 1 fully saturated rings. The van der Waals surface area contributed by atoms with E-state index in [1.807, 2.05) is 16.7 Å². The Morgan fingerprint density at radius 1 is 1.12 bits per heavy atom. The van der Waals surface area contributed by atoms with Crippen molar-refractivity contribution in [1.82, 2.24) is 24.4 Å². The molecular weight excluding hydrogens is 400 g/mol. The van der Waals surface area contributed by atoms with Crippen molar-refractivity contribution in [3.8, 4) is 5.75 Å². The molecule has 3 heterocycles. The van der Waals surface area contributed by atoms with Crippen LogP contribution in [0.3, 0.4) is 0 Å². The lowest BCUT2D eigenvalue weighted by molar-refractivity contribution is 0.339. The number of methoxy groups -OCH3 is 1. The van der Waals surface area contributed by atoms with Gasteiger partial charge in [0.1, 0.15) is 5.75 Å². The molecule has 0 saturated carbocycles. The predicted molar refractivity (Wildman–Crippen MR) is 126 cm³/mol. The Hall–Kier alpha value is -3.45. The first-order valence-corrected chi connectivity index (χ1v) is 11.1. The van der Waals surface area contributed by atoms with Crippen molar-refractivity contribution < 1.29 is 4.74 Å². The van der Waals surface area contributed by atoms with Gasteiger partial charge >= 0.3 is 0 Å². The summed E-state index contributed by atoms with van der Waals surface area (Å²) in [6.07, 6.45) is 7.33. The molecule has 0 aliphatic carbocycles. The Labute approximate surface area is 187 Å². The van der Waals surface area contributed by atoms with E-state index in [0.29, 0.717) is 18.4 Å². The predicted octanol–water partition coefficient (Wildman–Crippen LogP) is 3.50. The van der Waals surface area contributed by atoms with Gasteiger partial charge < -0.3 is 19.9 Å². The minimum Gasteiger partial charge on any atom is -0.497 e. The van der Waals surface area contributed by atoms with Gasteiger partial charge in [-0.1, -0.05) is 24.3 Å². The van der Waals surface area contributed by atoms with E-state index in [-0.39, 0.29) is 0 Å². The number of benzene rings is 2. The summed E-state index contributed by atoms with van der Waals surface area (Å²) in [5.41, 5.74) is 11.9. The highest BCUT2D eigenvalue weighted by atomic mass is 16.5. The van der Waals surface area contributed by atoms with Crippen LogP contribution in [0.5, 0.6) is 5.75 Å². The van der Waals surface area contributed by atoms with Gasteiger partial charge in [-0.05, 0) is 48.7 Å². The van der Waals surface area contributed by atoms with Gasteiger partial charge in [0, 0.05) is 31.4 Å². The Morgan fingerprint density at radius 3 is 2.78 bits per heavy atom. The molecule has 0 amide bonds. The summed E-state index contributed by atoms with van der Waals surface area (Å²) in [5, 5.41) is 0. The maximum Gasteiger partial charge on any atom is 0.201 e. The maximum atomic E-state index is 6.31. The van der Waals surface area contributed by atoms with Crippen molar-refractivity contribution in [2.75, 3.05) is 32.5 Å². The monoisotopic (exact) mass is 428 g/mol. The molecule has 1 saturated heterocycles. The molecule has 5 rings (SSSR count). The fourth-order valence-corrected chi connectivity index (χ4v) is 4.62. The van der Waals surface area contributed by atoms with E-state index in [1.165, 1.54) is 11.1 Å². The molecule has 0 spiro atoms. The van der Waals surface area contributed by atoms with Gasteiger partial charge in [0.05, 0.1) is 36.6 Å². The lowest BCUT2D eigenvalue weighted by Crippen LogP contribution is -2.23. The molecule has 0 bridgehead atoms. The number of nitrogens with zero attached hydrogens (tertiary/aromatic N) is 5. The summed E-state index contributed by atoms with van der Waals surface area (Å²) < 4.78 is 7.28. The number of aromatic nitrogens is 4. The second-order valence-corrected chi connectivity index (χ2v) is 8.35. The fourth-order valence-electron chi connectivity index (χ4n) is 4.62. The number of fused-ring (bicyclic) bond motifs is 1. The molecule has 1 unspecified atom stereocenters. The number of likely N-dealkylation sites (tertiary alicyclic amines) is 1. The fraction of sp³-hybridized carbons (Fsp3) is 0.320. The van der Waals surface area contributed by atoms with Gasteiger partial charge in [0.2, 0.25) is 5.95 Å². The van der Waals surface area contributed by atoms with Crippen LogP contribution in [-0.2, 0) is 13.0 Å². The third-order valence-electron chi connectivity index (χ3n) is 6.36. The second kappa shape index (κ2) is 8.96. The Morgan fingerprint density at radius 2 is 2.00 bits per heavy atom. The molecular formula is C25H28N6O. The van der Waals surface area contributed by atoms with Crippen molar-refractivity contribution in [2.45, 2.75) is 25.3 Å². The van der Waals surface area contributed by atoms with Gasteiger partial charge in [0.15, 0.2) is 0 Å². The highest BCUT2D eigenvalue weighted by Gasteiger charge is 2.26. The topological polar surface area (TPSA) is 82.1 Å².